The monoisotopic (exact) mass is 330 g/mol. The summed E-state index contributed by atoms with van der Waals surface area (Å²) in [4.78, 5) is 2.42. The van der Waals surface area contributed by atoms with E-state index in [2.05, 4.69) is 36.1 Å². The number of rotatable bonds is 4. The Bertz CT molecular complexity index is 815. The van der Waals surface area contributed by atoms with Crippen LogP contribution in [-0.2, 0) is 0 Å². The zero-order valence-corrected chi connectivity index (χ0v) is 14.3. The van der Waals surface area contributed by atoms with Crippen molar-refractivity contribution in [3.05, 3.63) is 90.5 Å². The first-order chi connectivity index (χ1) is 11.8. The highest BCUT2D eigenvalue weighted by atomic mass is 32.2. The fourth-order valence-electron chi connectivity index (χ4n) is 2.15. The van der Waals surface area contributed by atoms with Crippen LogP contribution < -0.4 is 4.74 Å². The van der Waals surface area contributed by atoms with Crippen molar-refractivity contribution in [2.45, 2.75) is 22.8 Å². The summed E-state index contributed by atoms with van der Waals surface area (Å²) < 4.78 is 5.86. The molecule has 0 radical (unpaired) electrons. The first kappa shape index (κ1) is 16.2. The minimum absolute atomic E-state index is 0.155. The summed E-state index contributed by atoms with van der Waals surface area (Å²) in [5, 5.41) is 0. The van der Waals surface area contributed by atoms with Crippen LogP contribution in [0.2, 0.25) is 0 Å². The quantitative estimate of drug-likeness (QED) is 0.571. The molecule has 0 aliphatic heterocycles. The standard InChI is InChI=1S/C22H18OS/c1-18(12-13-19-8-4-2-5-9-19)23-20-14-16-22(17-15-20)24-21-10-6-3-7-11-21/h2-11,14-18H,1H3. The molecule has 0 aliphatic rings. The molecule has 3 rings (SSSR count). The van der Waals surface area contributed by atoms with Crippen molar-refractivity contribution in [3.63, 3.8) is 0 Å². The van der Waals surface area contributed by atoms with Crippen LogP contribution in [0, 0.1) is 11.8 Å². The number of hydrogen-bond donors (Lipinski definition) is 0. The molecule has 24 heavy (non-hydrogen) atoms. The van der Waals surface area contributed by atoms with Crippen LogP contribution >= 0.6 is 11.8 Å². The Kier molecular flexibility index (Phi) is 5.61. The Hall–Kier alpha value is -2.63. The van der Waals surface area contributed by atoms with Crippen molar-refractivity contribution in [2.75, 3.05) is 0 Å². The molecule has 3 aromatic rings. The Morgan fingerprint density at radius 3 is 2.00 bits per heavy atom. The van der Waals surface area contributed by atoms with E-state index in [9.17, 15) is 0 Å². The van der Waals surface area contributed by atoms with Gasteiger partial charge in [0.05, 0.1) is 0 Å². The van der Waals surface area contributed by atoms with Crippen molar-refractivity contribution in [1.29, 1.82) is 0 Å². The minimum atomic E-state index is -0.155. The van der Waals surface area contributed by atoms with Gasteiger partial charge in [0, 0.05) is 15.4 Å². The van der Waals surface area contributed by atoms with Crippen molar-refractivity contribution >= 4 is 11.8 Å². The smallest absolute Gasteiger partial charge is 0.156 e. The van der Waals surface area contributed by atoms with Crippen LogP contribution in [-0.4, -0.2) is 6.10 Å². The molecule has 0 N–H and O–H groups in total. The SMILES string of the molecule is CC(C#Cc1ccccc1)Oc1ccc(Sc2ccccc2)cc1. The summed E-state index contributed by atoms with van der Waals surface area (Å²) in [6.45, 7) is 1.96. The highest BCUT2D eigenvalue weighted by Crippen LogP contribution is 2.28. The van der Waals surface area contributed by atoms with E-state index in [0.29, 0.717) is 0 Å². The Labute approximate surface area is 147 Å². The summed E-state index contributed by atoms with van der Waals surface area (Å²) in [6.07, 6.45) is -0.155. The van der Waals surface area contributed by atoms with Crippen molar-refractivity contribution in [1.82, 2.24) is 0 Å². The second-order valence-electron chi connectivity index (χ2n) is 5.28. The lowest BCUT2D eigenvalue weighted by Gasteiger charge is -2.09. The molecule has 1 atom stereocenters. The molecule has 118 valence electrons. The maximum absolute atomic E-state index is 5.86. The average Bonchev–Trinajstić information content (AvgIpc) is 2.63. The molecular formula is C22H18OS. The van der Waals surface area contributed by atoms with E-state index in [1.165, 1.54) is 9.79 Å². The summed E-state index contributed by atoms with van der Waals surface area (Å²) in [5.74, 6) is 7.09. The molecule has 0 spiro atoms. The minimum Gasteiger partial charge on any atom is -0.478 e. The van der Waals surface area contributed by atoms with Gasteiger partial charge < -0.3 is 4.74 Å². The Morgan fingerprint density at radius 2 is 1.33 bits per heavy atom. The van der Waals surface area contributed by atoms with Gasteiger partial charge >= 0.3 is 0 Å². The van der Waals surface area contributed by atoms with Gasteiger partial charge in [-0.25, -0.2) is 0 Å². The fourth-order valence-corrected chi connectivity index (χ4v) is 2.99. The second-order valence-corrected chi connectivity index (χ2v) is 6.43. The van der Waals surface area contributed by atoms with Crippen LogP contribution in [0.4, 0.5) is 0 Å². The lowest BCUT2D eigenvalue weighted by Crippen LogP contribution is -2.08. The summed E-state index contributed by atoms with van der Waals surface area (Å²) >= 11 is 1.74. The van der Waals surface area contributed by atoms with E-state index in [0.717, 1.165) is 11.3 Å². The van der Waals surface area contributed by atoms with Crippen LogP contribution in [0.3, 0.4) is 0 Å². The second kappa shape index (κ2) is 8.29. The largest absolute Gasteiger partial charge is 0.478 e. The third kappa shape index (κ3) is 4.94. The highest BCUT2D eigenvalue weighted by Gasteiger charge is 2.01. The topological polar surface area (TPSA) is 9.23 Å². The van der Waals surface area contributed by atoms with Crippen LogP contribution in [0.15, 0.2) is 94.7 Å². The summed E-state index contributed by atoms with van der Waals surface area (Å²) in [6, 6.07) is 28.4. The molecule has 0 aromatic heterocycles. The molecule has 0 aliphatic carbocycles. The van der Waals surface area contributed by atoms with Crippen LogP contribution in [0.5, 0.6) is 5.75 Å². The van der Waals surface area contributed by atoms with Gasteiger partial charge in [0.25, 0.3) is 0 Å². The highest BCUT2D eigenvalue weighted by molar-refractivity contribution is 7.99. The maximum Gasteiger partial charge on any atom is 0.156 e. The number of hydrogen-bond acceptors (Lipinski definition) is 2. The first-order valence-electron chi connectivity index (χ1n) is 7.86. The fraction of sp³-hybridized carbons (Fsp3) is 0.0909. The normalized spacial score (nSPS) is 11.2. The van der Waals surface area contributed by atoms with Crippen molar-refractivity contribution in [3.8, 4) is 17.6 Å². The van der Waals surface area contributed by atoms with E-state index in [4.69, 9.17) is 4.74 Å². The number of benzene rings is 3. The van der Waals surface area contributed by atoms with Gasteiger partial charge in [0.1, 0.15) is 5.75 Å². The third-order valence-electron chi connectivity index (χ3n) is 3.31. The molecule has 1 unspecified atom stereocenters. The van der Waals surface area contributed by atoms with Crippen molar-refractivity contribution < 1.29 is 4.74 Å². The predicted octanol–water partition coefficient (Wildman–Crippen LogP) is 5.66. The molecule has 0 heterocycles. The van der Waals surface area contributed by atoms with Gasteiger partial charge in [-0.3, -0.25) is 0 Å². The lowest BCUT2D eigenvalue weighted by molar-refractivity contribution is 0.278. The number of ether oxygens (including phenoxy) is 1. The van der Waals surface area contributed by atoms with E-state index in [1.54, 1.807) is 11.8 Å². The summed E-state index contributed by atoms with van der Waals surface area (Å²) in [7, 11) is 0. The molecule has 0 fully saturated rings. The first-order valence-corrected chi connectivity index (χ1v) is 8.67. The molecule has 0 amide bonds. The van der Waals surface area contributed by atoms with Crippen molar-refractivity contribution in [2.24, 2.45) is 0 Å². The average molecular weight is 330 g/mol. The zero-order chi connectivity index (χ0) is 16.6. The molecule has 0 saturated carbocycles. The van der Waals surface area contributed by atoms with E-state index >= 15 is 0 Å². The molecule has 2 heteroatoms. The van der Waals surface area contributed by atoms with Crippen LogP contribution in [0.25, 0.3) is 0 Å². The maximum atomic E-state index is 5.86. The van der Waals surface area contributed by atoms with Gasteiger partial charge in [-0.05, 0) is 55.5 Å². The lowest BCUT2D eigenvalue weighted by atomic mass is 10.2. The van der Waals surface area contributed by atoms with Gasteiger partial charge in [-0.2, -0.15) is 0 Å². The van der Waals surface area contributed by atoms with E-state index < -0.39 is 0 Å². The van der Waals surface area contributed by atoms with E-state index in [1.807, 2.05) is 67.6 Å². The van der Waals surface area contributed by atoms with Gasteiger partial charge in [-0.15, -0.1) is 0 Å². The molecule has 0 bridgehead atoms. The Morgan fingerprint density at radius 1 is 0.750 bits per heavy atom. The zero-order valence-electron chi connectivity index (χ0n) is 13.5. The molecular weight excluding hydrogens is 312 g/mol. The summed E-state index contributed by atoms with van der Waals surface area (Å²) in [5.41, 5.74) is 1.00. The van der Waals surface area contributed by atoms with Gasteiger partial charge in [0.2, 0.25) is 0 Å². The molecule has 0 saturated heterocycles. The Balaban J connectivity index is 1.59. The van der Waals surface area contributed by atoms with E-state index in [-0.39, 0.29) is 6.10 Å². The predicted molar refractivity (Wildman–Crippen MR) is 100 cm³/mol. The molecule has 3 aromatic carbocycles. The van der Waals surface area contributed by atoms with Crippen LogP contribution in [0.1, 0.15) is 12.5 Å². The van der Waals surface area contributed by atoms with Gasteiger partial charge in [-0.1, -0.05) is 60.0 Å². The van der Waals surface area contributed by atoms with Gasteiger partial charge in [0.15, 0.2) is 6.10 Å². The molecule has 1 nitrogen and oxygen atoms in total. The third-order valence-corrected chi connectivity index (χ3v) is 4.32.